The molecule has 0 atom stereocenters. The molecule has 0 aliphatic heterocycles. The van der Waals surface area contributed by atoms with Crippen LogP contribution in [0.5, 0.6) is 0 Å². The number of nitrogens with one attached hydrogen (secondary N) is 1. The Morgan fingerprint density at radius 1 is 1.19 bits per heavy atom. The van der Waals surface area contributed by atoms with Gasteiger partial charge in [-0.05, 0) is 38.7 Å². The molecular weight excluding hydrogens is 340 g/mol. The quantitative estimate of drug-likeness (QED) is 0.749. The third-order valence-electron chi connectivity index (χ3n) is 5.31. The van der Waals surface area contributed by atoms with Crippen LogP contribution in [-0.4, -0.2) is 37.9 Å². The van der Waals surface area contributed by atoms with E-state index in [0.29, 0.717) is 11.2 Å². The second kappa shape index (κ2) is 7.12. The number of aryl methyl sites for hydroxylation is 2. The predicted octanol–water partition coefficient (Wildman–Crippen LogP) is 2.98. The summed E-state index contributed by atoms with van der Waals surface area (Å²) in [5, 5.41) is 18.1. The normalized spacial score (nSPS) is 20.0. The Morgan fingerprint density at radius 3 is 2.59 bits per heavy atom. The maximum absolute atomic E-state index is 13.1. The fourth-order valence-corrected chi connectivity index (χ4v) is 3.86. The zero-order valence-electron chi connectivity index (χ0n) is 15.6. The van der Waals surface area contributed by atoms with E-state index < -0.39 is 0 Å². The zero-order chi connectivity index (χ0) is 19.0. The number of aromatic nitrogens is 3. The van der Waals surface area contributed by atoms with Gasteiger partial charge in [0.05, 0.1) is 28.4 Å². The Hall–Kier alpha value is -2.73. The minimum atomic E-state index is -0.240. The maximum Gasteiger partial charge on any atom is 0.252 e. The molecule has 3 aromatic rings. The van der Waals surface area contributed by atoms with Crippen LogP contribution in [0.15, 0.2) is 36.4 Å². The van der Waals surface area contributed by atoms with Gasteiger partial charge in [-0.3, -0.25) is 9.48 Å². The number of benzene rings is 1. The first-order valence-electron chi connectivity index (χ1n) is 9.41. The van der Waals surface area contributed by atoms with Crippen molar-refractivity contribution in [2.75, 3.05) is 0 Å². The summed E-state index contributed by atoms with van der Waals surface area (Å²) in [7, 11) is 1.85. The summed E-state index contributed by atoms with van der Waals surface area (Å²) in [5.74, 6) is -0.0999. The Bertz CT molecular complexity index is 973. The summed E-state index contributed by atoms with van der Waals surface area (Å²) in [6.07, 6.45) is 2.84. The van der Waals surface area contributed by atoms with Gasteiger partial charge in [0, 0.05) is 18.7 Å². The van der Waals surface area contributed by atoms with Crippen LogP contribution in [-0.2, 0) is 7.05 Å². The van der Waals surface area contributed by atoms with Crippen molar-refractivity contribution in [3.05, 3.63) is 47.7 Å². The predicted molar refractivity (Wildman–Crippen MR) is 104 cm³/mol. The number of hydrogen-bond acceptors (Lipinski definition) is 4. The van der Waals surface area contributed by atoms with Crippen molar-refractivity contribution in [2.45, 2.75) is 44.8 Å². The van der Waals surface area contributed by atoms with Gasteiger partial charge in [0.1, 0.15) is 0 Å². The first-order chi connectivity index (χ1) is 13.0. The van der Waals surface area contributed by atoms with Gasteiger partial charge in [-0.2, -0.15) is 5.10 Å². The average Bonchev–Trinajstić information content (AvgIpc) is 2.97. The highest BCUT2D eigenvalue weighted by Gasteiger charge is 2.24. The van der Waals surface area contributed by atoms with Crippen molar-refractivity contribution in [3.8, 4) is 11.3 Å². The standard InChI is InChI=1S/C21H24N4O2/c1-13-19-17(21(27)22-15-8-10-16(26)11-9-15)12-18(14-6-4-3-5-7-14)23-20(19)25(2)24-13/h3-7,12,15-16,26H,8-11H2,1-2H3,(H,22,27). The van der Waals surface area contributed by atoms with Crippen molar-refractivity contribution >= 4 is 16.9 Å². The molecule has 2 aromatic heterocycles. The van der Waals surface area contributed by atoms with Gasteiger partial charge in [-0.1, -0.05) is 30.3 Å². The topological polar surface area (TPSA) is 80.0 Å². The van der Waals surface area contributed by atoms with Crippen molar-refractivity contribution in [2.24, 2.45) is 7.05 Å². The summed E-state index contributed by atoms with van der Waals surface area (Å²) in [5.41, 5.74) is 3.83. The molecule has 4 rings (SSSR count). The number of fused-ring (bicyclic) bond motifs is 1. The molecule has 0 saturated heterocycles. The summed E-state index contributed by atoms with van der Waals surface area (Å²) in [4.78, 5) is 17.9. The van der Waals surface area contributed by atoms with Crippen LogP contribution in [0.4, 0.5) is 0 Å². The number of nitrogens with zero attached hydrogens (tertiary/aromatic N) is 3. The highest BCUT2D eigenvalue weighted by molar-refractivity contribution is 6.07. The number of aliphatic hydroxyl groups excluding tert-OH is 1. The van der Waals surface area contributed by atoms with Crippen LogP contribution >= 0.6 is 0 Å². The fourth-order valence-electron chi connectivity index (χ4n) is 3.86. The van der Waals surface area contributed by atoms with Gasteiger partial charge in [-0.15, -0.1) is 0 Å². The smallest absolute Gasteiger partial charge is 0.252 e. The molecule has 1 aromatic carbocycles. The van der Waals surface area contributed by atoms with E-state index in [9.17, 15) is 9.90 Å². The number of carbonyl (C=O) groups is 1. The number of hydrogen-bond donors (Lipinski definition) is 2. The summed E-state index contributed by atoms with van der Waals surface area (Å²) in [6, 6.07) is 11.8. The monoisotopic (exact) mass is 364 g/mol. The van der Waals surface area contributed by atoms with E-state index in [-0.39, 0.29) is 18.1 Å². The molecule has 0 bridgehead atoms. The van der Waals surface area contributed by atoms with Gasteiger partial charge >= 0.3 is 0 Å². The van der Waals surface area contributed by atoms with E-state index in [1.807, 2.05) is 50.4 Å². The van der Waals surface area contributed by atoms with E-state index >= 15 is 0 Å². The Labute approximate surface area is 158 Å². The molecule has 27 heavy (non-hydrogen) atoms. The largest absolute Gasteiger partial charge is 0.393 e. The molecule has 6 nitrogen and oxygen atoms in total. The van der Waals surface area contributed by atoms with Gasteiger partial charge in [0.2, 0.25) is 0 Å². The maximum atomic E-state index is 13.1. The molecular formula is C21H24N4O2. The van der Waals surface area contributed by atoms with Gasteiger partial charge in [0.15, 0.2) is 5.65 Å². The van der Waals surface area contributed by atoms with Crippen LogP contribution in [0.3, 0.4) is 0 Å². The fraction of sp³-hybridized carbons (Fsp3) is 0.381. The van der Waals surface area contributed by atoms with Crippen molar-refractivity contribution < 1.29 is 9.90 Å². The van der Waals surface area contributed by atoms with Gasteiger partial charge in [-0.25, -0.2) is 4.98 Å². The van der Waals surface area contributed by atoms with E-state index in [0.717, 1.165) is 48.0 Å². The number of carbonyl (C=O) groups excluding carboxylic acids is 1. The highest BCUT2D eigenvalue weighted by atomic mass is 16.3. The number of rotatable bonds is 3. The Balaban J connectivity index is 1.75. The van der Waals surface area contributed by atoms with Crippen molar-refractivity contribution in [1.29, 1.82) is 0 Å². The SMILES string of the molecule is Cc1nn(C)c2nc(-c3ccccc3)cc(C(=O)NC3CCC(O)CC3)c12. The van der Waals surface area contributed by atoms with Crippen LogP contribution in [0, 0.1) is 6.92 Å². The lowest BCUT2D eigenvalue weighted by molar-refractivity contribution is 0.0869. The highest BCUT2D eigenvalue weighted by Crippen LogP contribution is 2.27. The lowest BCUT2D eigenvalue weighted by atomic mass is 9.93. The summed E-state index contributed by atoms with van der Waals surface area (Å²) >= 11 is 0. The molecule has 1 aliphatic carbocycles. The molecule has 1 amide bonds. The van der Waals surface area contributed by atoms with Crippen molar-refractivity contribution in [1.82, 2.24) is 20.1 Å². The van der Waals surface area contributed by atoms with Crippen LogP contribution in [0.1, 0.15) is 41.7 Å². The first kappa shape index (κ1) is 17.7. The number of aliphatic hydroxyl groups is 1. The lowest BCUT2D eigenvalue weighted by Crippen LogP contribution is -2.38. The van der Waals surface area contributed by atoms with E-state index in [2.05, 4.69) is 10.4 Å². The third kappa shape index (κ3) is 3.45. The van der Waals surface area contributed by atoms with Crippen molar-refractivity contribution in [3.63, 3.8) is 0 Å². The van der Waals surface area contributed by atoms with E-state index in [4.69, 9.17) is 4.98 Å². The lowest BCUT2D eigenvalue weighted by Gasteiger charge is -2.26. The minimum Gasteiger partial charge on any atom is -0.393 e. The molecule has 2 N–H and O–H groups in total. The average molecular weight is 364 g/mol. The van der Waals surface area contributed by atoms with Gasteiger partial charge in [0.25, 0.3) is 5.91 Å². The molecule has 1 aliphatic rings. The van der Waals surface area contributed by atoms with E-state index in [1.54, 1.807) is 4.68 Å². The van der Waals surface area contributed by atoms with Crippen LogP contribution < -0.4 is 5.32 Å². The Kier molecular flexibility index (Phi) is 4.66. The molecule has 2 heterocycles. The number of amides is 1. The van der Waals surface area contributed by atoms with E-state index in [1.165, 1.54) is 0 Å². The third-order valence-corrected chi connectivity index (χ3v) is 5.31. The first-order valence-corrected chi connectivity index (χ1v) is 9.41. The van der Waals surface area contributed by atoms with Crippen LogP contribution in [0.25, 0.3) is 22.3 Å². The molecule has 1 saturated carbocycles. The molecule has 0 spiro atoms. The molecule has 0 unspecified atom stereocenters. The zero-order valence-corrected chi connectivity index (χ0v) is 15.6. The minimum absolute atomic E-state index is 0.0984. The molecule has 140 valence electrons. The second-order valence-corrected chi connectivity index (χ2v) is 7.31. The second-order valence-electron chi connectivity index (χ2n) is 7.31. The Morgan fingerprint density at radius 2 is 1.89 bits per heavy atom. The number of pyridine rings is 1. The van der Waals surface area contributed by atoms with Crippen LogP contribution in [0.2, 0.25) is 0 Å². The molecule has 0 radical (unpaired) electrons. The molecule has 1 fully saturated rings. The van der Waals surface area contributed by atoms with Gasteiger partial charge < -0.3 is 10.4 Å². The summed E-state index contributed by atoms with van der Waals surface area (Å²) in [6.45, 7) is 1.90. The molecule has 6 heteroatoms. The summed E-state index contributed by atoms with van der Waals surface area (Å²) < 4.78 is 1.73.